The normalized spacial score (nSPS) is 13.8. The zero-order valence-corrected chi connectivity index (χ0v) is 10.9. The van der Waals surface area contributed by atoms with Gasteiger partial charge in [0.1, 0.15) is 6.04 Å². The predicted octanol–water partition coefficient (Wildman–Crippen LogP) is 1.46. The van der Waals surface area contributed by atoms with E-state index in [0.29, 0.717) is 0 Å². The highest BCUT2D eigenvalue weighted by Gasteiger charge is 2.32. The van der Waals surface area contributed by atoms with Crippen molar-refractivity contribution in [2.45, 2.75) is 50.3 Å². The van der Waals surface area contributed by atoms with Crippen LogP contribution in [0.15, 0.2) is 0 Å². The second kappa shape index (κ2) is 7.92. The molecule has 0 unspecified atom stereocenters. The average Bonchev–Trinajstić information content (AvgIpc) is 2.22. The van der Waals surface area contributed by atoms with Crippen LogP contribution in [0, 0.1) is 0 Å². The molecule has 96 valence electrons. The molecule has 0 aliphatic heterocycles. The number of thioether (sulfide) groups is 1. The Morgan fingerprint density at radius 2 is 1.88 bits per heavy atom. The van der Waals surface area contributed by atoms with Crippen molar-refractivity contribution in [2.24, 2.45) is 5.73 Å². The lowest BCUT2D eigenvalue weighted by atomic mass is 10.1. The Labute approximate surface area is 102 Å². The maximum Gasteiger partial charge on any atom is 0.321 e. The standard InChI is InChI=1S/C11H23NO3S/c1-11(2,9(12)10(14)15)16-8-6-4-3-5-7-13/h9,13H,3-8,12H2,1-2H3,(H,14,15)/t9-/m0/s1. The van der Waals surface area contributed by atoms with E-state index in [0.717, 1.165) is 31.4 Å². The van der Waals surface area contributed by atoms with Crippen molar-refractivity contribution < 1.29 is 15.0 Å². The summed E-state index contributed by atoms with van der Waals surface area (Å²) in [4.78, 5) is 10.8. The van der Waals surface area contributed by atoms with Crippen LogP contribution in [0.1, 0.15) is 39.5 Å². The fraction of sp³-hybridized carbons (Fsp3) is 0.909. The molecule has 5 heteroatoms. The van der Waals surface area contributed by atoms with E-state index in [-0.39, 0.29) is 6.61 Å². The monoisotopic (exact) mass is 249 g/mol. The number of nitrogens with two attached hydrogens (primary N) is 1. The van der Waals surface area contributed by atoms with E-state index in [1.54, 1.807) is 11.8 Å². The Hall–Kier alpha value is -0.260. The zero-order chi connectivity index (χ0) is 12.6. The Balaban J connectivity index is 3.70. The summed E-state index contributed by atoms with van der Waals surface area (Å²) < 4.78 is -0.428. The van der Waals surface area contributed by atoms with Crippen LogP contribution in [0.4, 0.5) is 0 Å². The van der Waals surface area contributed by atoms with Gasteiger partial charge in [-0.1, -0.05) is 12.8 Å². The van der Waals surface area contributed by atoms with Gasteiger partial charge >= 0.3 is 5.97 Å². The number of carboxylic acids is 1. The van der Waals surface area contributed by atoms with Crippen molar-refractivity contribution in [2.75, 3.05) is 12.4 Å². The van der Waals surface area contributed by atoms with E-state index >= 15 is 0 Å². The van der Waals surface area contributed by atoms with Gasteiger partial charge in [0.25, 0.3) is 0 Å². The molecular formula is C11H23NO3S. The quantitative estimate of drug-likeness (QED) is 0.539. The topological polar surface area (TPSA) is 83.5 Å². The highest BCUT2D eigenvalue weighted by atomic mass is 32.2. The van der Waals surface area contributed by atoms with Gasteiger partial charge in [-0.25, -0.2) is 0 Å². The van der Waals surface area contributed by atoms with Gasteiger partial charge in [-0.05, 0) is 32.4 Å². The minimum absolute atomic E-state index is 0.253. The van der Waals surface area contributed by atoms with Crippen molar-refractivity contribution >= 4 is 17.7 Å². The third-order valence-corrected chi connectivity index (χ3v) is 4.03. The van der Waals surface area contributed by atoms with Gasteiger partial charge in [-0.2, -0.15) is 11.8 Å². The molecule has 0 saturated heterocycles. The first-order chi connectivity index (χ1) is 7.41. The third kappa shape index (κ3) is 6.35. The summed E-state index contributed by atoms with van der Waals surface area (Å²) in [6.45, 7) is 3.98. The lowest BCUT2D eigenvalue weighted by Gasteiger charge is -2.27. The van der Waals surface area contributed by atoms with E-state index in [1.807, 2.05) is 13.8 Å². The molecule has 4 nitrogen and oxygen atoms in total. The molecule has 0 amide bonds. The highest BCUT2D eigenvalue weighted by molar-refractivity contribution is 8.00. The van der Waals surface area contributed by atoms with Crippen molar-refractivity contribution in [1.29, 1.82) is 0 Å². The number of aliphatic hydroxyl groups is 1. The SMILES string of the molecule is CC(C)(SCCCCCCO)[C@@H](N)C(=O)O. The summed E-state index contributed by atoms with van der Waals surface area (Å²) in [5.41, 5.74) is 5.60. The number of carboxylic acid groups (broad SMARTS) is 1. The summed E-state index contributed by atoms with van der Waals surface area (Å²) >= 11 is 1.60. The smallest absolute Gasteiger partial charge is 0.321 e. The summed E-state index contributed by atoms with van der Waals surface area (Å²) in [5, 5.41) is 17.4. The molecule has 0 spiro atoms. The molecule has 0 radical (unpaired) electrons. The van der Waals surface area contributed by atoms with Gasteiger partial charge in [0.2, 0.25) is 0 Å². The van der Waals surface area contributed by atoms with Crippen molar-refractivity contribution in [3.63, 3.8) is 0 Å². The summed E-state index contributed by atoms with van der Waals surface area (Å²) in [7, 11) is 0. The molecule has 0 aromatic heterocycles. The number of aliphatic carboxylic acids is 1. The number of rotatable bonds is 9. The van der Waals surface area contributed by atoms with Gasteiger partial charge in [0, 0.05) is 11.4 Å². The molecule has 0 fully saturated rings. The molecule has 0 bridgehead atoms. The van der Waals surface area contributed by atoms with Crippen LogP contribution < -0.4 is 5.73 Å². The van der Waals surface area contributed by atoms with Crippen molar-refractivity contribution in [3.05, 3.63) is 0 Å². The minimum atomic E-state index is -0.946. The molecule has 0 aliphatic carbocycles. The number of hydrogen-bond donors (Lipinski definition) is 3. The molecule has 0 rings (SSSR count). The van der Waals surface area contributed by atoms with Crippen LogP contribution in [0.25, 0.3) is 0 Å². The molecule has 0 aromatic carbocycles. The van der Waals surface area contributed by atoms with Crippen LogP contribution in [-0.4, -0.2) is 39.3 Å². The fourth-order valence-electron chi connectivity index (χ4n) is 1.29. The molecule has 0 aromatic rings. The predicted molar refractivity (Wildman–Crippen MR) is 67.7 cm³/mol. The number of hydrogen-bond acceptors (Lipinski definition) is 4. The van der Waals surface area contributed by atoms with E-state index < -0.39 is 16.8 Å². The van der Waals surface area contributed by atoms with Gasteiger partial charge < -0.3 is 15.9 Å². The Bertz CT molecular complexity index is 209. The average molecular weight is 249 g/mol. The van der Waals surface area contributed by atoms with Gasteiger partial charge in [-0.15, -0.1) is 0 Å². The van der Waals surface area contributed by atoms with Crippen molar-refractivity contribution in [1.82, 2.24) is 0 Å². The van der Waals surface area contributed by atoms with E-state index in [4.69, 9.17) is 15.9 Å². The molecule has 4 N–H and O–H groups in total. The number of unbranched alkanes of at least 4 members (excludes halogenated alkanes) is 3. The first-order valence-corrected chi connectivity index (χ1v) is 6.63. The maximum absolute atomic E-state index is 10.8. The highest BCUT2D eigenvalue weighted by Crippen LogP contribution is 2.28. The van der Waals surface area contributed by atoms with E-state index in [2.05, 4.69) is 0 Å². The lowest BCUT2D eigenvalue weighted by molar-refractivity contribution is -0.139. The molecule has 0 heterocycles. The molecule has 0 aliphatic rings. The van der Waals surface area contributed by atoms with Crippen LogP contribution in [-0.2, 0) is 4.79 Å². The summed E-state index contributed by atoms with van der Waals surface area (Å²) in [5.74, 6) is -0.0304. The van der Waals surface area contributed by atoms with Gasteiger partial charge in [0.15, 0.2) is 0 Å². The van der Waals surface area contributed by atoms with Crippen LogP contribution in [0.2, 0.25) is 0 Å². The summed E-state index contributed by atoms with van der Waals surface area (Å²) in [6, 6.07) is -0.824. The van der Waals surface area contributed by atoms with Crippen LogP contribution in [0.3, 0.4) is 0 Å². The second-order valence-electron chi connectivity index (χ2n) is 4.41. The summed E-state index contributed by atoms with van der Waals surface area (Å²) in [6.07, 6.45) is 4.00. The van der Waals surface area contributed by atoms with E-state index in [1.165, 1.54) is 0 Å². The third-order valence-electron chi connectivity index (χ3n) is 2.54. The van der Waals surface area contributed by atoms with Crippen molar-refractivity contribution in [3.8, 4) is 0 Å². The zero-order valence-electron chi connectivity index (χ0n) is 10.1. The minimum Gasteiger partial charge on any atom is -0.480 e. The second-order valence-corrected chi connectivity index (χ2v) is 6.15. The number of aliphatic hydroxyl groups excluding tert-OH is 1. The van der Waals surface area contributed by atoms with Gasteiger partial charge in [0.05, 0.1) is 0 Å². The first-order valence-electron chi connectivity index (χ1n) is 5.65. The maximum atomic E-state index is 10.8. The Morgan fingerprint density at radius 1 is 1.31 bits per heavy atom. The molecule has 0 saturated carbocycles. The van der Waals surface area contributed by atoms with Crippen LogP contribution >= 0.6 is 11.8 Å². The Morgan fingerprint density at radius 3 is 2.38 bits per heavy atom. The first kappa shape index (κ1) is 15.7. The molecule has 16 heavy (non-hydrogen) atoms. The lowest BCUT2D eigenvalue weighted by Crippen LogP contribution is -2.46. The van der Waals surface area contributed by atoms with E-state index in [9.17, 15) is 4.79 Å². The van der Waals surface area contributed by atoms with Gasteiger partial charge in [-0.3, -0.25) is 4.79 Å². The molecule has 1 atom stereocenters. The fourth-order valence-corrected chi connectivity index (χ4v) is 2.44. The Kier molecular flexibility index (Phi) is 7.80. The largest absolute Gasteiger partial charge is 0.480 e. The van der Waals surface area contributed by atoms with Crippen LogP contribution in [0.5, 0.6) is 0 Å². The number of carbonyl (C=O) groups is 1. The molecular weight excluding hydrogens is 226 g/mol.